The Morgan fingerprint density at radius 3 is 2.83 bits per heavy atom. The number of hydrogen-bond acceptors (Lipinski definition) is 4. The smallest absolute Gasteiger partial charge is 0.166 e. The maximum atomic E-state index is 9.76. The summed E-state index contributed by atoms with van der Waals surface area (Å²) in [6.45, 7) is 8.35. The fourth-order valence-electron chi connectivity index (χ4n) is 3.19. The highest BCUT2D eigenvalue weighted by molar-refractivity contribution is 5.90. The molecular weight excluding hydrogens is 374 g/mol. The second-order valence-electron chi connectivity index (χ2n) is 6.70. The van der Waals surface area contributed by atoms with Crippen LogP contribution in [0.25, 0.3) is 22.7 Å². The van der Waals surface area contributed by atoms with Crippen LogP contribution in [0.3, 0.4) is 0 Å². The van der Waals surface area contributed by atoms with Crippen LogP contribution in [0.4, 0.5) is 0 Å². The third-order valence-electron chi connectivity index (χ3n) is 4.44. The van der Waals surface area contributed by atoms with Crippen LogP contribution in [0, 0.1) is 30.6 Å². The van der Waals surface area contributed by atoms with Gasteiger partial charge in [-0.2, -0.15) is 5.26 Å². The quantitative estimate of drug-likeness (QED) is 0.327. The van der Waals surface area contributed by atoms with Crippen molar-refractivity contribution in [3.05, 3.63) is 65.5 Å². The highest BCUT2D eigenvalue weighted by Crippen LogP contribution is 2.35. The van der Waals surface area contributed by atoms with Gasteiger partial charge in [-0.25, -0.2) is 4.98 Å². The SMILES string of the molecule is C#CCOc1c(CC=C)cc(C=C(C#N)c2nc3ccc(C)cc3[nH]2)cc1OCC. The van der Waals surface area contributed by atoms with Crippen LogP contribution in [-0.4, -0.2) is 23.2 Å². The normalized spacial score (nSPS) is 11.0. The number of aryl methyl sites for hydroxylation is 1. The van der Waals surface area contributed by atoms with Crippen molar-refractivity contribution in [1.29, 1.82) is 5.26 Å². The number of hydrogen-bond donors (Lipinski definition) is 1. The molecule has 1 aromatic heterocycles. The first kappa shape index (κ1) is 20.8. The highest BCUT2D eigenvalue weighted by atomic mass is 16.5. The second-order valence-corrected chi connectivity index (χ2v) is 6.70. The van der Waals surface area contributed by atoms with E-state index in [0.717, 1.165) is 27.7 Å². The molecule has 0 aliphatic rings. The summed E-state index contributed by atoms with van der Waals surface area (Å²) in [5, 5.41) is 9.76. The van der Waals surface area contributed by atoms with Crippen molar-refractivity contribution >= 4 is 22.7 Å². The van der Waals surface area contributed by atoms with E-state index < -0.39 is 0 Å². The maximum Gasteiger partial charge on any atom is 0.166 e. The van der Waals surface area contributed by atoms with Gasteiger partial charge < -0.3 is 14.5 Å². The number of rotatable bonds is 8. The molecule has 2 aromatic carbocycles. The van der Waals surface area contributed by atoms with Gasteiger partial charge in [-0.15, -0.1) is 13.0 Å². The molecule has 0 saturated carbocycles. The molecule has 0 saturated heterocycles. The van der Waals surface area contributed by atoms with Crippen molar-refractivity contribution in [2.45, 2.75) is 20.3 Å². The zero-order chi connectivity index (χ0) is 21.5. The molecule has 0 unspecified atom stereocenters. The van der Waals surface area contributed by atoms with E-state index in [1.54, 1.807) is 12.2 Å². The topological polar surface area (TPSA) is 70.9 Å². The number of ether oxygens (including phenoxy) is 2. The lowest BCUT2D eigenvalue weighted by Crippen LogP contribution is -2.03. The number of nitrogens with zero attached hydrogens (tertiary/aromatic N) is 2. The van der Waals surface area contributed by atoms with Gasteiger partial charge in [-0.3, -0.25) is 0 Å². The summed E-state index contributed by atoms with van der Waals surface area (Å²) in [7, 11) is 0. The molecule has 1 N–H and O–H groups in total. The Hall–Kier alpha value is -3.96. The minimum Gasteiger partial charge on any atom is -0.490 e. The number of nitrogens with one attached hydrogen (secondary N) is 1. The van der Waals surface area contributed by atoms with E-state index in [-0.39, 0.29) is 6.61 Å². The largest absolute Gasteiger partial charge is 0.490 e. The summed E-state index contributed by atoms with van der Waals surface area (Å²) < 4.78 is 11.5. The summed E-state index contributed by atoms with van der Waals surface area (Å²) in [6, 6.07) is 12.0. The Kier molecular flexibility index (Phi) is 6.57. The van der Waals surface area contributed by atoms with E-state index in [1.165, 1.54) is 0 Å². The molecule has 0 fully saturated rings. The van der Waals surface area contributed by atoms with Gasteiger partial charge in [0, 0.05) is 5.56 Å². The second kappa shape index (κ2) is 9.49. The zero-order valence-electron chi connectivity index (χ0n) is 17.2. The van der Waals surface area contributed by atoms with Crippen molar-refractivity contribution in [1.82, 2.24) is 9.97 Å². The number of allylic oxidation sites excluding steroid dienone is 2. The lowest BCUT2D eigenvalue weighted by molar-refractivity contribution is 0.297. The predicted molar refractivity (Wildman–Crippen MR) is 120 cm³/mol. The van der Waals surface area contributed by atoms with Gasteiger partial charge in [0.25, 0.3) is 0 Å². The molecule has 0 spiro atoms. The van der Waals surface area contributed by atoms with E-state index in [4.69, 9.17) is 15.9 Å². The fraction of sp³-hybridized carbons (Fsp3) is 0.200. The molecule has 0 atom stereocenters. The Morgan fingerprint density at radius 2 is 2.13 bits per heavy atom. The Balaban J connectivity index is 2.09. The molecular formula is C25H23N3O2. The van der Waals surface area contributed by atoms with E-state index in [2.05, 4.69) is 28.5 Å². The molecule has 3 rings (SSSR count). The summed E-state index contributed by atoms with van der Waals surface area (Å²) in [5.41, 5.74) is 4.95. The lowest BCUT2D eigenvalue weighted by Gasteiger charge is -2.15. The van der Waals surface area contributed by atoms with Gasteiger partial charge in [-0.05, 0) is 61.7 Å². The average molecular weight is 397 g/mol. The number of fused-ring (bicyclic) bond motifs is 1. The van der Waals surface area contributed by atoms with E-state index in [1.807, 2.05) is 44.2 Å². The first-order chi connectivity index (χ1) is 14.6. The third-order valence-corrected chi connectivity index (χ3v) is 4.44. The van der Waals surface area contributed by atoms with Gasteiger partial charge in [0.2, 0.25) is 0 Å². The van der Waals surface area contributed by atoms with Crippen LogP contribution in [0.2, 0.25) is 0 Å². The summed E-state index contributed by atoms with van der Waals surface area (Å²) in [6.07, 6.45) is 9.50. The predicted octanol–water partition coefficient (Wildman–Crippen LogP) is 5.07. The molecule has 0 aliphatic carbocycles. The molecule has 0 radical (unpaired) electrons. The van der Waals surface area contributed by atoms with E-state index in [0.29, 0.717) is 35.9 Å². The number of aromatic amines is 1. The van der Waals surface area contributed by atoms with Gasteiger partial charge in [0.1, 0.15) is 18.5 Å². The molecule has 0 aliphatic heterocycles. The first-order valence-electron chi connectivity index (χ1n) is 9.65. The molecule has 5 heteroatoms. The van der Waals surface area contributed by atoms with E-state index in [9.17, 15) is 5.26 Å². The van der Waals surface area contributed by atoms with Crippen molar-refractivity contribution in [2.75, 3.05) is 13.2 Å². The minimum absolute atomic E-state index is 0.140. The van der Waals surface area contributed by atoms with Crippen LogP contribution < -0.4 is 9.47 Å². The monoisotopic (exact) mass is 397 g/mol. The Morgan fingerprint density at radius 1 is 1.30 bits per heavy atom. The molecule has 1 heterocycles. The molecule has 150 valence electrons. The number of terminal acetylenes is 1. The van der Waals surface area contributed by atoms with Crippen molar-refractivity contribution in [3.63, 3.8) is 0 Å². The van der Waals surface area contributed by atoms with Crippen LogP contribution in [0.1, 0.15) is 29.4 Å². The number of imidazole rings is 1. The van der Waals surface area contributed by atoms with Crippen molar-refractivity contribution in [2.24, 2.45) is 0 Å². The molecule has 30 heavy (non-hydrogen) atoms. The molecule has 0 amide bonds. The summed E-state index contributed by atoms with van der Waals surface area (Å²) in [5.74, 6) is 4.18. The van der Waals surface area contributed by atoms with E-state index >= 15 is 0 Å². The minimum atomic E-state index is 0.140. The van der Waals surface area contributed by atoms with Crippen molar-refractivity contribution < 1.29 is 9.47 Å². The number of benzene rings is 2. The number of aromatic nitrogens is 2. The molecule has 0 bridgehead atoms. The molecule has 5 nitrogen and oxygen atoms in total. The first-order valence-corrected chi connectivity index (χ1v) is 9.65. The van der Waals surface area contributed by atoms with Gasteiger partial charge in [-0.1, -0.05) is 18.1 Å². The molecule has 3 aromatic rings. The standard InChI is InChI=1S/C25H23N3O2/c1-5-8-19-13-18(15-23(29-7-3)24(19)30-11-6-2)14-20(16-26)25-27-21-10-9-17(4)12-22(21)28-25/h2,5,9-10,12-15H,1,7-8,11H2,3-4H3,(H,27,28). The van der Waals surface area contributed by atoms with Crippen LogP contribution in [0.15, 0.2) is 43.0 Å². The third kappa shape index (κ3) is 4.54. The lowest BCUT2D eigenvalue weighted by atomic mass is 10.0. The Bertz CT molecular complexity index is 1190. The van der Waals surface area contributed by atoms with Crippen LogP contribution in [0.5, 0.6) is 11.5 Å². The summed E-state index contributed by atoms with van der Waals surface area (Å²) >= 11 is 0. The number of H-pyrrole nitrogens is 1. The van der Waals surface area contributed by atoms with Crippen LogP contribution in [-0.2, 0) is 6.42 Å². The van der Waals surface area contributed by atoms with Gasteiger partial charge in [0.05, 0.1) is 23.2 Å². The Labute approximate surface area is 176 Å². The van der Waals surface area contributed by atoms with Gasteiger partial charge in [0.15, 0.2) is 11.5 Å². The summed E-state index contributed by atoms with van der Waals surface area (Å²) in [4.78, 5) is 7.79. The van der Waals surface area contributed by atoms with Crippen molar-refractivity contribution in [3.8, 4) is 29.9 Å². The van der Waals surface area contributed by atoms with Gasteiger partial charge >= 0.3 is 0 Å². The average Bonchev–Trinajstić information content (AvgIpc) is 3.15. The highest BCUT2D eigenvalue weighted by Gasteiger charge is 2.14. The van der Waals surface area contributed by atoms with Crippen LogP contribution >= 0.6 is 0 Å². The maximum absolute atomic E-state index is 9.76. The fourth-order valence-corrected chi connectivity index (χ4v) is 3.19. The number of nitriles is 1. The zero-order valence-corrected chi connectivity index (χ0v) is 17.2.